The molecule has 0 saturated carbocycles. The van der Waals surface area contributed by atoms with Crippen molar-refractivity contribution in [1.82, 2.24) is 0 Å². The van der Waals surface area contributed by atoms with Gasteiger partial charge in [0.15, 0.2) is 0 Å². The van der Waals surface area contributed by atoms with Gasteiger partial charge in [-0.1, -0.05) is 0 Å². The van der Waals surface area contributed by atoms with E-state index >= 15 is 0 Å². The molecule has 0 bridgehead atoms. The third kappa shape index (κ3) is 4.09. The minimum atomic E-state index is -1.99. The van der Waals surface area contributed by atoms with Crippen LogP contribution >= 0.6 is 14.5 Å². The van der Waals surface area contributed by atoms with Crippen LogP contribution in [0.5, 0.6) is 0 Å². The summed E-state index contributed by atoms with van der Waals surface area (Å²) in [5.41, 5.74) is 6.75. The van der Waals surface area contributed by atoms with Gasteiger partial charge in [-0.05, 0) is 0 Å². The quantitative estimate of drug-likeness (QED) is 0.380. The number of rotatable bonds is 6. The van der Waals surface area contributed by atoms with Crippen molar-refractivity contribution in [1.29, 1.82) is 0 Å². The second-order valence-corrected chi connectivity index (χ2v) is 17.5. The molecule has 0 aromatic heterocycles. The Bertz CT molecular complexity index is 1060. The fraction of sp³-hybridized carbons (Fsp3) is 0.185. The summed E-state index contributed by atoms with van der Waals surface area (Å²) in [6.45, 7) is 5.13. The molecule has 29 heavy (non-hydrogen) atoms. The van der Waals surface area contributed by atoms with E-state index in [1.54, 1.807) is 10.6 Å². The Morgan fingerprint density at radius 3 is 2.03 bits per heavy atom. The van der Waals surface area contributed by atoms with Gasteiger partial charge in [0.25, 0.3) is 0 Å². The van der Waals surface area contributed by atoms with Crippen LogP contribution in [0.3, 0.4) is 0 Å². The summed E-state index contributed by atoms with van der Waals surface area (Å²) in [4.78, 5) is 0. The molecular formula is C27H30P2. The molecule has 2 aliphatic rings. The Kier molecular flexibility index (Phi) is 6.01. The van der Waals surface area contributed by atoms with Gasteiger partial charge in [-0.25, -0.2) is 0 Å². The molecule has 0 unspecified atom stereocenters. The molecule has 4 rings (SSSR count). The molecule has 2 aromatic carbocycles. The maximum atomic E-state index is 3.51. The van der Waals surface area contributed by atoms with E-state index in [-0.39, 0.29) is 0 Å². The first-order chi connectivity index (χ1) is 14.1. The zero-order valence-electron chi connectivity index (χ0n) is 17.4. The van der Waals surface area contributed by atoms with Crippen molar-refractivity contribution in [2.45, 2.75) is 12.8 Å². The van der Waals surface area contributed by atoms with Crippen LogP contribution in [0.1, 0.15) is 12.8 Å². The second-order valence-electron chi connectivity index (χ2n) is 8.44. The Hall–Kier alpha value is -2.18. The summed E-state index contributed by atoms with van der Waals surface area (Å²) in [5, 5.41) is 6.10. The van der Waals surface area contributed by atoms with Crippen LogP contribution in [-0.2, 0) is 0 Å². The van der Waals surface area contributed by atoms with E-state index in [2.05, 4.69) is 116 Å². The fourth-order valence-corrected chi connectivity index (χ4v) is 18.3. The third-order valence-corrected chi connectivity index (χ3v) is 18.7. The number of allylic oxidation sites excluding steroid dienone is 8. The van der Waals surface area contributed by atoms with Gasteiger partial charge in [0.05, 0.1) is 0 Å². The molecule has 2 aromatic rings. The van der Waals surface area contributed by atoms with Crippen LogP contribution < -0.4 is 10.6 Å². The first-order valence-corrected chi connectivity index (χ1v) is 15.9. The van der Waals surface area contributed by atoms with Crippen molar-refractivity contribution >= 4 is 25.1 Å². The zero-order chi connectivity index (χ0) is 20.2. The summed E-state index contributed by atoms with van der Waals surface area (Å²) in [5.74, 6) is 1.25. The SMILES string of the molecule is C[PH](C[PH](C)(C1=CC=CCC1)c1ccccc1)(C1=C=C=CC=C1)c1ccccc1. The summed E-state index contributed by atoms with van der Waals surface area (Å²) in [6, 6.07) is 22.5. The zero-order valence-corrected chi connectivity index (χ0v) is 19.4. The van der Waals surface area contributed by atoms with E-state index in [9.17, 15) is 0 Å². The molecule has 0 spiro atoms. The molecule has 0 radical (unpaired) electrons. The van der Waals surface area contributed by atoms with E-state index in [1.165, 1.54) is 22.9 Å². The van der Waals surface area contributed by atoms with E-state index in [0.29, 0.717) is 0 Å². The molecular weight excluding hydrogens is 386 g/mol. The Morgan fingerprint density at radius 1 is 0.828 bits per heavy atom. The molecule has 0 nitrogen and oxygen atoms in total. The molecule has 0 fully saturated rings. The van der Waals surface area contributed by atoms with Crippen molar-refractivity contribution in [3.63, 3.8) is 0 Å². The van der Waals surface area contributed by atoms with Gasteiger partial charge in [-0.2, -0.15) is 0 Å². The van der Waals surface area contributed by atoms with Crippen LogP contribution in [0, 0.1) is 0 Å². The van der Waals surface area contributed by atoms with Gasteiger partial charge in [0.2, 0.25) is 0 Å². The number of hydrogen-bond acceptors (Lipinski definition) is 0. The van der Waals surface area contributed by atoms with Crippen molar-refractivity contribution in [2.24, 2.45) is 0 Å². The van der Waals surface area contributed by atoms with Crippen molar-refractivity contribution in [3.05, 3.63) is 119 Å². The van der Waals surface area contributed by atoms with Gasteiger partial charge in [-0.3, -0.25) is 0 Å². The van der Waals surface area contributed by atoms with Crippen molar-refractivity contribution < 1.29 is 0 Å². The summed E-state index contributed by atoms with van der Waals surface area (Å²) < 4.78 is 0. The summed E-state index contributed by atoms with van der Waals surface area (Å²) >= 11 is 0. The van der Waals surface area contributed by atoms with Gasteiger partial charge >= 0.3 is 176 Å². The second kappa shape index (κ2) is 8.67. The predicted molar refractivity (Wildman–Crippen MR) is 136 cm³/mol. The monoisotopic (exact) mass is 416 g/mol. The maximum absolute atomic E-state index is 3.51. The molecule has 2 heteroatoms. The third-order valence-electron chi connectivity index (χ3n) is 6.50. The molecule has 0 amide bonds. The van der Waals surface area contributed by atoms with E-state index < -0.39 is 14.5 Å². The normalized spacial score (nSPS) is 17.0. The average Bonchev–Trinajstić information content (AvgIpc) is 2.81. The molecule has 2 aliphatic carbocycles. The van der Waals surface area contributed by atoms with E-state index in [1.807, 2.05) is 6.08 Å². The van der Waals surface area contributed by atoms with Crippen molar-refractivity contribution in [2.75, 3.05) is 19.2 Å². The first-order valence-electron chi connectivity index (χ1n) is 10.5. The molecule has 0 N–H and O–H groups in total. The number of hydrogen-bond donors (Lipinski definition) is 0. The van der Waals surface area contributed by atoms with Gasteiger partial charge in [0.1, 0.15) is 0 Å². The van der Waals surface area contributed by atoms with E-state index in [4.69, 9.17) is 0 Å². The van der Waals surface area contributed by atoms with Crippen LogP contribution in [-0.4, -0.2) is 19.2 Å². The molecule has 0 heterocycles. The van der Waals surface area contributed by atoms with Crippen LogP contribution in [0.15, 0.2) is 119 Å². The van der Waals surface area contributed by atoms with Crippen LogP contribution in [0.25, 0.3) is 0 Å². The van der Waals surface area contributed by atoms with Gasteiger partial charge < -0.3 is 0 Å². The Balaban J connectivity index is 1.89. The topological polar surface area (TPSA) is 0 Å². The Labute approximate surface area is 176 Å². The van der Waals surface area contributed by atoms with Gasteiger partial charge in [-0.15, -0.1) is 0 Å². The standard InChI is InChI=1S/C27H30P2/c1-28(24-15-7-3-8-16-24,25-17-9-4-10-18-25)23-29(2,26-19-11-5-12-20-26)27-21-13-6-14-22-27/h3-9,11-13,15-17,19-21,28-29H,10,18,23H2,1-2H3. The van der Waals surface area contributed by atoms with E-state index in [0.717, 1.165) is 6.42 Å². The molecule has 148 valence electrons. The first kappa shape index (κ1) is 20.1. The minimum absolute atomic E-state index is 1.16. The summed E-state index contributed by atoms with van der Waals surface area (Å²) in [6.07, 6.45) is 15.7. The number of benzene rings is 2. The van der Waals surface area contributed by atoms with Gasteiger partial charge in [0, 0.05) is 0 Å². The predicted octanol–water partition coefficient (Wildman–Crippen LogP) is 6.35. The van der Waals surface area contributed by atoms with Crippen molar-refractivity contribution in [3.8, 4) is 0 Å². The Morgan fingerprint density at radius 2 is 1.48 bits per heavy atom. The molecule has 0 atom stereocenters. The van der Waals surface area contributed by atoms with Crippen LogP contribution in [0.4, 0.5) is 0 Å². The van der Waals surface area contributed by atoms with Crippen LogP contribution in [0.2, 0.25) is 0 Å². The molecule has 0 aliphatic heterocycles. The fourth-order valence-electron chi connectivity index (χ4n) is 4.81. The molecule has 0 saturated heterocycles. The summed E-state index contributed by atoms with van der Waals surface area (Å²) in [7, 11) is -3.88. The average molecular weight is 416 g/mol.